The normalized spacial score (nSPS) is 10.0. The number of benzene rings is 1. The number of nitrogens with zero attached hydrogens (tertiary/aromatic N) is 1. The quantitative estimate of drug-likeness (QED) is 0.921. The first-order chi connectivity index (χ1) is 8.15. The minimum atomic E-state index is -0.157. The van der Waals surface area contributed by atoms with Crippen molar-refractivity contribution in [3.63, 3.8) is 0 Å². The summed E-state index contributed by atoms with van der Waals surface area (Å²) in [6.45, 7) is 1.88. The predicted octanol–water partition coefficient (Wildman–Crippen LogP) is 3.40. The molecule has 0 bridgehead atoms. The Morgan fingerprint density at radius 1 is 1.29 bits per heavy atom. The molecule has 0 fully saturated rings. The molecule has 1 amide bonds. The highest BCUT2D eigenvalue weighted by atomic mass is 79.9. The second-order valence-electron chi connectivity index (χ2n) is 3.65. The lowest BCUT2D eigenvalue weighted by Crippen LogP contribution is -2.12. The average molecular weight is 291 g/mol. The number of hydrogen-bond donors (Lipinski definition) is 1. The van der Waals surface area contributed by atoms with Gasteiger partial charge in [-0.1, -0.05) is 22.0 Å². The number of pyridine rings is 1. The van der Waals surface area contributed by atoms with Gasteiger partial charge in [0.25, 0.3) is 5.91 Å². The van der Waals surface area contributed by atoms with Gasteiger partial charge in [-0.05, 0) is 37.3 Å². The molecule has 17 heavy (non-hydrogen) atoms. The van der Waals surface area contributed by atoms with Crippen LogP contribution in [0.15, 0.2) is 47.1 Å². The summed E-state index contributed by atoms with van der Waals surface area (Å²) in [5, 5.41) is 2.81. The summed E-state index contributed by atoms with van der Waals surface area (Å²) in [6, 6.07) is 11.0. The van der Waals surface area contributed by atoms with Gasteiger partial charge >= 0.3 is 0 Å². The minimum absolute atomic E-state index is 0.157. The molecule has 86 valence electrons. The lowest BCUT2D eigenvalue weighted by atomic mass is 10.2. The first-order valence-electron chi connectivity index (χ1n) is 5.15. The zero-order valence-corrected chi connectivity index (χ0v) is 10.9. The number of anilines is 1. The molecule has 2 rings (SSSR count). The van der Waals surface area contributed by atoms with Crippen LogP contribution in [0.2, 0.25) is 0 Å². The van der Waals surface area contributed by atoms with Crippen LogP contribution in [-0.4, -0.2) is 10.9 Å². The molecule has 0 aliphatic carbocycles. The molecule has 0 unspecified atom stereocenters. The summed E-state index contributed by atoms with van der Waals surface area (Å²) in [7, 11) is 0. The number of halogens is 1. The highest BCUT2D eigenvalue weighted by molar-refractivity contribution is 9.10. The van der Waals surface area contributed by atoms with Gasteiger partial charge < -0.3 is 5.32 Å². The molecular formula is C13H11BrN2O. The summed E-state index contributed by atoms with van der Waals surface area (Å²) in [4.78, 5) is 16.0. The zero-order valence-electron chi connectivity index (χ0n) is 9.27. The molecule has 1 aromatic carbocycles. The van der Waals surface area contributed by atoms with Crippen molar-refractivity contribution in [2.24, 2.45) is 0 Å². The summed E-state index contributed by atoms with van der Waals surface area (Å²) in [5.74, 6) is -0.157. The van der Waals surface area contributed by atoms with Crippen molar-refractivity contribution in [1.82, 2.24) is 4.98 Å². The van der Waals surface area contributed by atoms with Gasteiger partial charge in [0, 0.05) is 22.1 Å². The third-order valence-corrected chi connectivity index (χ3v) is 2.75. The Balaban J connectivity index is 2.14. The van der Waals surface area contributed by atoms with Crippen molar-refractivity contribution in [2.45, 2.75) is 6.92 Å². The van der Waals surface area contributed by atoms with Crippen LogP contribution in [-0.2, 0) is 0 Å². The third kappa shape index (κ3) is 3.14. The summed E-state index contributed by atoms with van der Waals surface area (Å²) in [5.41, 5.74) is 2.20. The second-order valence-corrected chi connectivity index (χ2v) is 4.57. The molecule has 0 radical (unpaired) electrons. The van der Waals surface area contributed by atoms with E-state index < -0.39 is 0 Å². The van der Waals surface area contributed by atoms with E-state index in [-0.39, 0.29) is 5.91 Å². The van der Waals surface area contributed by atoms with Crippen LogP contribution in [0, 0.1) is 6.92 Å². The Morgan fingerprint density at radius 3 is 2.76 bits per heavy atom. The Kier molecular flexibility index (Phi) is 3.54. The standard InChI is InChI=1S/C13H11BrN2O/c1-9-5-6-10(8-15-9)13(17)16-12-4-2-3-11(14)7-12/h2-8H,1H3,(H,16,17). The second kappa shape index (κ2) is 5.10. The minimum Gasteiger partial charge on any atom is -0.322 e. The van der Waals surface area contributed by atoms with E-state index in [4.69, 9.17) is 0 Å². The molecule has 4 heteroatoms. The summed E-state index contributed by atoms with van der Waals surface area (Å²) in [6.07, 6.45) is 1.57. The van der Waals surface area contributed by atoms with Gasteiger partial charge in [-0.25, -0.2) is 0 Å². The smallest absolute Gasteiger partial charge is 0.257 e. The van der Waals surface area contributed by atoms with Gasteiger partial charge in [0.2, 0.25) is 0 Å². The zero-order chi connectivity index (χ0) is 12.3. The van der Waals surface area contributed by atoms with Crippen LogP contribution in [0.25, 0.3) is 0 Å². The third-order valence-electron chi connectivity index (χ3n) is 2.26. The van der Waals surface area contributed by atoms with Crippen LogP contribution < -0.4 is 5.32 Å². The van der Waals surface area contributed by atoms with E-state index in [1.165, 1.54) is 0 Å². The molecule has 1 N–H and O–H groups in total. The first kappa shape index (κ1) is 11.8. The van der Waals surface area contributed by atoms with Crippen LogP contribution in [0.3, 0.4) is 0 Å². The molecule has 0 saturated heterocycles. The van der Waals surface area contributed by atoms with Gasteiger partial charge in [0.05, 0.1) is 5.56 Å². The molecule has 2 aromatic rings. The summed E-state index contributed by atoms with van der Waals surface area (Å²) < 4.78 is 0.928. The Morgan fingerprint density at radius 2 is 2.12 bits per heavy atom. The summed E-state index contributed by atoms with van der Waals surface area (Å²) >= 11 is 3.35. The van der Waals surface area contributed by atoms with Crippen molar-refractivity contribution in [1.29, 1.82) is 0 Å². The van der Waals surface area contributed by atoms with Gasteiger partial charge in [0.15, 0.2) is 0 Å². The molecule has 0 aliphatic heterocycles. The first-order valence-corrected chi connectivity index (χ1v) is 5.94. The SMILES string of the molecule is Cc1ccc(C(=O)Nc2cccc(Br)c2)cn1. The Bertz CT molecular complexity index is 537. The van der Waals surface area contributed by atoms with E-state index >= 15 is 0 Å². The monoisotopic (exact) mass is 290 g/mol. The van der Waals surface area contributed by atoms with Crippen LogP contribution in [0.5, 0.6) is 0 Å². The van der Waals surface area contributed by atoms with Crippen LogP contribution in [0.4, 0.5) is 5.69 Å². The fourth-order valence-electron chi connectivity index (χ4n) is 1.37. The fraction of sp³-hybridized carbons (Fsp3) is 0.0769. The largest absolute Gasteiger partial charge is 0.322 e. The van der Waals surface area contributed by atoms with Crippen LogP contribution in [0.1, 0.15) is 16.1 Å². The molecule has 1 heterocycles. The maximum Gasteiger partial charge on any atom is 0.257 e. The number of nitrogens with one attached hydrogen (secondary N) is 1. The molecule has 1 aromatic heterocycles. The molecule has 3 nitrogen and oxygen atoms in total. The topological polar surface area (TPSA) is 42.0 Å². The van der Waals surface area contributed by atoms with Crippen LogP contribution >= 0.6 is 15.9 Å². The molecule has 0 aliphatic rings. The number of rotatable bonds is 2. The van der Waals surface area contributed by atoms with Gasteiger partial charge in [0.1, 0.15) is 0 Å². The highest BCUT2D eigenvalue weighted by Crippen LogP contribution is 2.16. The van der Waals surface area contributed by atoms with Crippen molar-refractivity contribution in [3.05, 3.63) is 58.3 Å². The average Bonchev–Trinajstić information content (AvgIpc) is 2.29. The van der Waals surface area contributed by atoms with Gasteiger partial charge in [-0.2, -0.15) is 0 Å². The van der Waals surface area contributed by atoms with Gasteiger partial charge in [-0.15, -0.1) is 0 Å². The van der Waals surface area contributed by atoms with E-state index in [2.05, 4.69) is 26.2 Å². The maximum atomic E-state index is 11.9. The van der Waals surface area contributed by atoms with Crippen molar-refractivity contribution >= 4 is 27.5 Å². The number of carbonyl (C=O) groups is 1. The van der Waals surface area contributed by atoms with Crippen molar-refractivity contribution in [3.8, 4) is 0 Å². The van der Waals surface area contributed by atoms with Crippen molar-refractivity contribution < 1.29 is 4.79 Å². The van der Waals surface area contributed by atoms with E-state index in [1.807, 2.05) is 37.3 Å². The number of aryl methyl sites for hydroxylation is 1. The number of amides is 1. The maximum absolute atomic E-state index is 11.9. The Hall–Kier alpha value is -1.68. The predicted molar refractivity (Wildman–Crippen MR) is 71.1 cm³/mol. The van der Waals surface area contributed by atoms with Gasteiger partial charge in [-0.3, -0.25) is 9.78 Å². The lowest BCUT2D eigenvalue weighted by molar-refractivity contribution is 0.102. The number of hydrogen-bond acceptors (Lipinski definition) is 2. The highest BCUT2D eigenvalue weighted by Gasteiger charge is 2.05. The molecule has 0 spiro atoms. The van der Waals surface area contributed by atoms with E-state index in [0.717, 1.165) is 15.9 Å². The lowest BCUT2D eigenvalue weighted by Gasteiger charge is -2.05. The van der Waals surface area contributed by atoms with E-state index in [1.54, 1.807) is 12.3 Å². The van der Waals surface area contributed by atoms with E-state index in [9.17, 15) is 4.79 Å². The number of aromatic nitrogens is 1. The fourth-order valence-corrected chi connectivity index (χ4v) is 1.77. The molecule has 0 atom stereocenters. The molecule has 0 saturated carbocycles. The van der Waals surface area contributed by atoms with Crippen molar-refractivity contribution in [2.75, 3.05) is 5.32 Å². The van der Waals surface area contributed by atoms with E-state index in [0.29, 0.717) is 5.56 Å². The molecular weight excluding hydrogens is 280 g/mol. The Labute approximate surface area is 108 Å². The number of carbonyl (C=O) groups excluding carboxylic acids is 1.